The van der Waals surface area contributed by atoms with Crippen LogP contribution in [0, 0.1) is 17.6 Å². The highest BCUT2D eigenvalue weighted by Gasteiger charge is 2.29. The number of carbonyl (C=O) groups is 4. The molecule has 0 saturated carbocycles. The van der Waals surface area contributed by atoms with Crippen LogP contribution < -0.4 is 31.6 Å². The van der Waals surface area contributed by atoms with Gasteiger partial charge in [-0.05, 0) is 117 Å². The number of nitrogens with zero attached hydrogens (tertiary/aromatic N) is 5. The second-order valence-corrected chi connectivity index (χ2v) is 16.3. The van der Waals surface area contributed by atoms with Gasteiger partial charge in [0.25, 0.3) is 11.8 Å². The van der Waals surface area contributed by atoms with Crippen LogP contribution in [-0.2, 0) is 9.59 Å². The topological polar surface area (TPSA) is 164 Å². The molecule has 1 atom stereocenters. The Hall–Kier alpha value is -6.49. The van der Waals surface area contributed by atoms with Crippen molar-refractivity contribution in [3.05, 3.63) is 131 Å². The standard InChI is InChI=1S/C46H47ClF2N10O4/c47-36-3-1-2-4-39(36)53-43(61)30-5-10-33(11-6-30)51-42-38(49)28-50-46(55-42)52-34-12-7-31(8-13-34)44(62)56-59-21-18-29(19-22-59)17-20-57-23-25-58(26-24-57)40-15-9-32(27-37(40)48)35-14-16-41(60)54-45(35)63/h1-13,15,27-29,35H,14,16-26H2,(H,53,61)(H,56,62)(H,54,60,63)(H2,50,51,52,55). The fourth-order valence-corrected chi connectivity index (χ4v) is 8.26. The normalized spacial score (nSPS) is 17.5. The number of hydrogen-bond donors (Lipinski definition) is 5. The number of para-hydroxylation sites is 1. The van der Waals surface area contributed by atoms with Crippen LogP contribution in [0.1, 0.15) is 64.3 Å². The van der Waals surface area contributed by atoms with Gasteiger partial charge in [0.2, 0.25) is 17.8 Å². The number of aromatic nitrogens is 2. The van der Waals surface area contributed by atoms with Crippen LogP contribution >= 0.6 is 11.6 Å². The van der Waals surface area contributed by atoms with Crippen molar-refractivity contribution in [2.75, 3.05) is 66.7 Å². The van der Waals surface area contributed by atoms with E-state index in [0.29, 0.717) is 69.9 Å². The molecule has 0 spiro atoms. The average molecular weight is 877 g/mol. The van der Waals surface area contributed by atoms with Gasteiger partial charge >= 0.3 is 0 Å². The monoisotopic (exact) mass is 876 g/mol. The first-order valence-electron chi connectivity index (χ1n) is 21.0. The predicted molar refractivity (Wildman–Crippen MR) is 237 cm³/mol. The summed E-state index contributed by atoms with van der Waals surface area (Å²) in [4.78, 5) is 62.4. The minimum absolute atomic E-state index is 0.0641. The number of hydrogen-bond acceptors (Lipinski definition) is 11. The Kier molecular flexibility index (Phi) is 13.5. The second kappa shape index (κ2) is 19.7. The molecule has 0 radical (unpaired) electrons. The fourth-order valence-electron chi connectivity index (χ4n) is 8.07. The lowest BCUT2D eigenvalue weighted by Crippen LogP contribution is -2.48. The van der Waals surface area contributed by atoms with E-state index in [-0.39, 0.29) is 47.6 Å². The third kappa shape index (κ3) is 10.9. The number of piperazine rings is 1. The van der Waals surface area contributed by atoms with Gasteiger partial charge in [-0.3, -0.25) is 34.8 Å². The number of carbonyl (C=O) groups excluding carboxylic acids is 4. The number of halogens is 3. The molecule has 14 nitrogen and oxygen atoms in total. The molecule has 63 heavy (non-hydrogen) atoms. The maximum absolute atomic E-state index is 15.2. The molecule has 4 aromatic carbocycles. The predicted octanol–water partition coefficient (Wildman–Crippen LogP) is 7.24. The lowest BCUT2D eigenvalue weighted by atomic mass is 9.90. The molecule has 1 aromatic heterocycles. The largest absolute Gasteiger partial charge is 0.367 e. The van der Waals surface area contributed by atoms with Gasteiger partial charge in [-0.2, -0.15) is 4.98 Å². The summed E-state index contributed by atoms with van der Waals surface area (Å²) in [5.74, 6) is -2.11. The summed E-state index contributed by atoms with van der Waals surface area (Å²) in [7, 11) is 0. The number of benzene rings is 4. The molecule has 3 fully saturated rings. The van der Waals surface area contributed by atoms with Gasteiger partial charge in [-0.25, -0.2) is 18.8 Å². The van der Waals surface area contributed by atoms with E-state index in [2.05, 4.69) is 46.5 Å². The lowest BCUT2D eigenvalue weighted by Gasteiger charge is -2.38. The molecular formula is C46H47ClF2N10O4. The van der Waals surface area contributed by atoms with E-state index in [4.69, 9.17) is 11.6 Å². The Bertz CT molecular complexity index is 2460. The van der Waals surface area contributed by atoms with E-state index in [1.54, 1.807) is 84.9 Å². The van der Waals surface area contributed by atoms with Crippen molar-refractivity contribution in [2.24, 2.45) is 5.92 Å². The van der Waals surface area contributed by atoms with Crippen molar-refractivity contribution in [1.82, 2.24) is 30.6 Å². The van der Waals surface area contributed by atoms with Gasteiger partial charge < -0.3 is 20.9 Å². The summed E-state index contributed by atoms with van der Waals surface area (Å²) in [6.45, 7) is 5.55. The average Bonchev–Trinajstić information content (AvgIpc) is 3.29. The maximum atomic E-state index is 15.2. The summed E-state index contributed by atoms with van der Waals surface area (Å²) in [6, 6.07) is 25.2. The van der Waals surface area contributed by atoms with Gasteiger partial charge in [0, 0.05) is 68.2 Å². The zero-order chi connectivity index (χ0) is 43.9. The van der Waals surface area contributed by atoms with E-state index in [1.165, 1.54) is 6.07 Å². The molecule has 4 amide bonds. The number of hydrazine groups is 1. The first kappa shape index (κ1) is 43.2. The molecule has 4 heterocycles. The molecular weight excluding hydrogens is 830 g/mol. The van der Waals surface area contributed by atoms with Gasteiger partial charge in [-0.1, -0.05) is 29.8 Å². The van der Waals surface area contributed by atoms with Crippen LogP contribution in [0.2, 0.25) is 5.02 Å². The van der Waals surface area contributed by atoms with E-state index in [0.717, 1.165) is 58.2 Å². The third-order valence-corrected chi connectivity index (χ3v) is 12.1. The molecule has 0 bridgehead atoms. The minimum Gasteiger partial charge on any atom is -0.367 e. The molecule has 3 saturated heterocycles. The molecule has 5 aromatic rings. The summed E-state index contributed by atoms with van der Waals surface area (Å²) in [5.41, 5.74) is 6.65. The molecule has 8 rings (SSSR count). The minimum atomic E-state index is -0.666. The Balaban J connectivity index is 0.744. The van der Waals surface area contributed by atoms with Crippen molar-refractivity contribution in [3.63, 3.8) is 0 Å². The van der Waals surface area contributed by atoms with Crippen molar-refractivity contribution in [2.45, 2.75) is 38.0 Å². The van der Waals surface area contributed by atoms with Gasteiger partial charge in [0.15, 0.2) is 11.6 Å². The highest BCUT2D eigenvalue weighted by atomic mass is 35.5. The Labute approximate surface area is 368 Å². The first-order chi connectivity index (χ1) is 30.5. The molecule has 17 heteroatoms. The van der Waals surface area contributed by atoms with Crippen LogP contribution in [-0.4, -0.2) is 89.3 Å². The Morgan fingerprint density at radius 3 is 2.14 bits per heavy atom. The zero-order valence-corrected chi connectivity index (χ0v) is 35.1. The van der Waals surface area contributed by atoms with Crippen LogP contribution in [0.5, 0.6) is 0 Å². The zero-order valence-electron chi connectivity index (χ0n) is 34.4. The second-order valence-electron chi connectivity index (χ2n) is 15.9. The van der Waals surface area contributed by atoms with Crippen LogP contribution in [0.25, 0.3) is 0 Å². The van der Waals surface area contributed by atoms with E-state index in [9.17, 15) is 23.6 Å². The highest BCUT2D eigenvalue weighted by Crippen LogP contribution is 2.30. The first-order valence-corrected chi connectivity index (χ1v) is 21.4. The van der Waals surface area contributed by atoms with E-state index < -0.39 is 11.7 Å². The highest BCUT2D eigenvalue weighted by molar-refractivity contribution is 6.33. The molecule has 1 unspecified atom stereocenters. The number of nitrogens with one attached hydrogen (secondary N) is 5. The van der Waals surface area contributed by atoms with Crippen LogP contribution in [0.3, 0.4) is 0 Å². The molecule has 3 aliphatic rings. The van der Waals surface area contributed by atoms with E-state index in [1.807, 2.05) is 5.01 Å². The van der Waals surface area contributed by atoms with E-state index >= 15 is 4.39 Å². The Morgan fingerprint density at radius 2 is 1.46 bits per heavy atom. The number of imide groups is 1. The van der Waals surface area contributed by atoms with Crippen molar-refractivity contribution in [3.8, 4) is 0 Å². The molecule has 5 N–H and O–H groups in total. The maximum Gasteiger partial charge on any atom is 0.265 e. The molecule has 0 aliphatic carbocycles. The number of anilines is 6. The number of piperidine rings is 2. The van der Waals surface area contributed by atoms with Crippen LogP contribution in [0.4, 0.5) is 43.3 Å². The quantitative estimate of drug-likeness (QED) is 0.0759. The summed E-state index contributed by atoms with van der Waals surface area (Å²) < 4.78 is 29.9. The van der Waals surface area contributed by atoms with Crippen LogP contribution in [0.15, 0.2) is 97.2 Å². The Morgan fingerprint density at radius 1 is 0.778 bits per heavy atom. The molecule has 3 aliphatic heterocycles. The smallest absolute Gasteiger partial charge is 0.265 e. The van der Waals surface area contributed by atoms with Gasteiger partial charge in [0.1, 0.15) is 5.82 Å². The fraction of sp³-hybridized carbons (Fsp3) is 0.304. The number of amides is 4. The summed E-state index contributed by atoms with van der Waals surface area (Å²) in [5, 5.41) is 13.5. The third-order valence-electron chi connectivity index (χ3n) is 11.7. The number of rotatable bonds is 13. The molecule has 326 valence electrons. The summed E-state index contributed by atoms with van der Waals surface area (Å²) >= 11 is 6.15. The van der Waals surface area contributed by atoms with Crippen molar-refractivity contribution >= 4 is 69.7 Å². The van der Waals surface area contributed by atoms with Gasteiger partial charge in [0.05, 0.1) is 28.5 Å². The van der Waals surface area contributed by atoms with Gasteiger partial charge in [-0.15, -0.1) is 0 Å². The van der Waals surface area contributed by atoms with Crippen molar-refractivity contribution in [1.29, 1.82) is 0 Å². The SMILES string of the molecule is O=C1CCC(c2ccc(N3CCN(CCC4CCN(NC(=O)c5ccc(Nc6ncc(F)c(Nc7ccc(C(=O)Nc8ccccc8Cl)cc7)n6)cc5)CC4)CC3)c(F)c2)C(=O)N1. The van der Waals surface area contributed by atoms with Crippen molar-refractivity contribution < 1.29 is 28.0 Å². The summed E-state index contributed by atoms with van der Waals surface area (Å²) in [6.07, 6.45) is 4.69. The lowest BCUT2D eigenvalue weighted by molar-refractivity contribution is -0.134.